The van der Waals surface area contributed by atoms with Crippen molar-refractivity contribution in [3.8, 4) is 0 Å². The summed E-state index contributed by atoms with van der Waals surface area (Å²) in [6.45, 7) is 0. The van der Waals surface area contributed by atoms with Gasteiger partial charge in [0, 0.05) is 0 Å². The number of nitrogens with zero attached hydrogens (tertiary/aromatic N) is 1. The van der Waals surface area contributed by atoms with Gasteiger partial charge < -0.3 is 0 Å². The summed E-state index contributed by atoms with van der Waals surface area (Å²) in [6.07, 6.45) is 4.31. The molecule has 27 heavy (non-hydrogen) atoms. The number of hydrogen-bond donors (Lipinski definition) is 1. The van der Waals surface area contributed by atoms with Gasteiger partial charge in [-0.15, -0.1) is 0 Å². The molecule has 0 aliphatic carbocycles. The third-order valence-electron chi connectivity index (χ3n) is 4.27. The number of hydrogen-bond acceptors (Lipinski definition) is 3. The zero-order chi connectivity index (χ0) is 18.1. The molecule has 1 unspecified atom stereocenters. The van der Waals surface area contributed by atoms with Crippen LogP contribution in [0.3, 0.4) is 0 Å². The van der Waals surface area contributed by atoms with Gasteiger partial charge in [0.1, 0.15) is 0 Å². The van der Waals surface area contributed by atoms with Crippen molar-refractivity contribution in [2.24, 2.45) is 0 Å². The van der Waals surface area contributed by atoms with Gasteiger partial charge in [0.2, 0.25) is 0 Å². The molecule has 2 aliphatic heterocycles. The Bertz CT molecular complexity index is 1080. The van der Waals surface area contributed by atoms with Crippen LogP contribution in [0.15, 0.2) is 96.2 Å². The summed E-state index contributed by atoms with van der Waals surface area (Å²) >= 11 is 0.537. The van der Waals surface area contributed by atoms with Crippen LogP contribution < -0.4 is 5.32 Å². The van der Waals surface area contributed by atoms with Gasteiger partial charge in [-0.3, -0.25) is 0 Å². The number of pyridine rings is 1. The van der Waals surface area contributed by atoms with E-state index in [-0.39, 0.29) is 0 Å². The zero-order valence-electron chi connectivity index (χ0n) is 14.3. The Labute approximate surface area is 171 Å². The summed E-state index contributed by atoms with van der Waals surface area (Å²) in [4.78, 5) is 4.46. The third-order valence-corrected chi connectivity index (χ3v) is 20.3. The Morgan fingerprint density at radius 2 is 1.52 bits per heavy atom. The minimum atomic E-state index is -0.901. The van der Waals surface area contributed by atoms with Crippen LogP contribution in [0.2, 0.25) is 0 Å². The van der Waals surface area contributed by atoms with Crippen LogP contribution >= 0.6 is 10.2 Å². The van der Waals surface area contributed by atoms with Crippen LogP contribution in [0.4, 0.5) is 5.82 Å². The molecule has 132 valence electrons. The SMILES string of the molecule is C1=C(c2ccccc2)[Se][Se]2=C1C(c1ccccc1)=C(Nc1ccccn1)S2. The summed E-state index contributed by atoms with van der Waals surface area (Å²) in [5.74, 6) is 0.917. The molecule has 3 aromatic rings. The molecular formula is C22H16N2SSe2. The second-order valence-electron chi connectivity index (χ2n) is 6.05. The number of aromatic nitrogens is 1. The van der Waals surface area contributed by atoms with Gasteiger partial charge in [-0.25, -0.2) is 0 Å². The Morgan fingerprint density at radius 1 is 0.815 bits per heavy atom. The van der Waals surface area contributed by atoms with E-state index in [0.717, 1.165) is 5.82 Å². The molecule has 0 fully saturated rings. The minimum absolute atomic E-state index is 0.537. The van der Waals surface area contributed by atoms with E-state index in [1.54, 1.807) is 8.89 Å². The summed E-state index contributed by atoms with van der Waals surface area (Å²) < 4.78 is 3.12. The predicted molar refractivity (Wildman–Crippen MR) is 120 cm³/mol. The first-order valence-electron chi connectivity index (χ1n) is 8.61. The second kappa shape index (κ2) is 7.63. The van der Waals surface area contributed by atoms with Gasteiger partial charge in [-0.2, -0.15) is 0 Å². The van der Waals surface area contributed by atoms with E-state index in [4.69, 9.17) is 0 Å². The van der Waals surface area contributed by atoms with E-state index >= 15 is 0 Å². The number of rotatable bonds is 4. The van der Waals surface area contributed by atoms with Crippen LogP contribution in [0.25, 0.3) is 10.0 Å². The number of allylic oxidation sites excluding steroid dienone is 2. The standard InChI is InChI=1S/C22H16N2SSe2/c1-3-9-16(10-4-1)18-15-19-21(17-11-5-2-6-12-17)22(25-27(19)26-18)24-20-13-7-8-14-23-20/h1-15H,(H,23,24). The second-order valence-corrected chi connectivity index (χ2v) is 20.5. The molecule has 5 rings (SSSR count). The maximum atomic E-state index is 4.46. The van der Waals surface area contributed by atoms with Crippen molar-refractivity contribution in [2.45, 2.75) is 0 Å². The van der Waals surface area contributed by atoms with E-state index in [1.165, 1.54) is 21.7 Å². The monoisotopic (exact) mass is 500 g/mol. The summed E-state index contributed by atoms with van der Waals surface area (Å²) in [7, 11) is 1.17. The van der Waals surface area contributed by atoms with E-state index in [9.17, 15) is 0 Å². The quantitative estimate of drug-likeness (QED) is 0.532. The van der Waals surface area contributed by atoms with Gasteiger partial charge in [-0.1, -0.05) is 0 Å². The van der Waals surface area contributed by atoms with Crippen molar-refractivity contribution in [2.75, 3.05) is 5.32 Å². The summed E-state index contributed by atoms with van der Waals surface area (Å²) in [6, 6.07) is 27.6. The van der Waals surface area contributed by atoms with Crippen molar-refractivity contribution in [3.63, 3.8) is 0 Å². The third kappa shape index (κ3) is 3.50. The Balaban J connectivity index is 1.56. The number of anilines is 1. The fourth-order valence-electron chi connectivity index (χ4n) is 3.01. The normalized spacial score (nSPS) is 18.4. The Hall–Kier alpha value is -1.87. The van der Waals surface area contributed by atoms with Gasteiger partial charge >= 0.3 is 172 Å². The first-order valence-corrected chi connectivity index (χ1v) is 17.5. The molecule has 0 spiro atoms. The molecule has 0 bridgehead atoms. The van der Waals surface area contributed by atoms with Gasteiger partial charge in [0.25, 0.3) is 0 Å². The molecule has 1 aromatic heterocycles. The van der Waals surface area contributed by atoms with Crippen molar-refractivity contribution < 1.29 is 0 Å². The molecule has 2 aromatic carbocycles. The van der Waals surface area contributed by atoms with Crippen molar-refractivity contribution in [3.05, 3.63) is 107 Å². The molecule has 0 radical (unpaired) electrons. The molecule has 0 amide bonds. The van der Waals surface area contributed by atoms with E-state index in [0.29, 0.717) is 13.1 Å². The molecule has 5 heteroatoms. The molecule has 3 heterocycles. The van der Waals surface area contributed by atoms with E-state index in [1.807, 2.05) is 24.4 Å². The van der Waals surface area contributed by atoms with Crippen LogP contribution in [-0.2, 0) is 0 Å². The Kier molecular flexibility index (Phi) is 4.87. The first-order chi connectivity index (χ1) is 13.4. The topological polar surface area (TPSA) is 24.9 Å². The molecule has 2 aliphatic rings. The molecule has 1 N–H and O–H groups in total. The van der Waals surface area contributed by atoms with Crippen LogP contribution in [0.1, 0.15) is 11.1 Å². The fourth-order valence-corrected chi connectivity index (χ4v) is 21.2. The zero-order valence-corrected chi connectivity index (χ0v) is 18.6. The van der Waals surface area contributed by atoms with Gasteiger partial charge in [0.15, 0.2) is 0 Å². The van der Waals surface area contributed by atoms with Gasteiger partial charge in [-0.05, 0) is 0 Å². The van der Waals surface area contributed by atoms with E-state index in [2.05, 4.69) is 87.2 Å². The average molecular weight is 498 g/mol. The van der Waals surface area contributed by atoms with Crippen LogP contribution in [0, 0.1) is 0 Å². The first kappa shape index (κ1) is 17.2. The average Bonchev–Trinajstić information content (AvgIpc) is 3.28. The molecule has 1 atom stereocenters. The molecule has 2 nitrogen and oxygen atoms in total. The van der Waals surface area contributed by atoms with Crippen molar-refractivity contribution in [1.82, 2.24) is 4.98 Å². The summed E-state index contributed by atoms with van der Waals surface area (Å²) in [5, 5.41) is 4.86. The molecule has 0 saturated heterocycles. The van der Waals surface area contributed by atoms with Crippen molar-refractivity contribution in [1.29, 1.82) is 0 Å². The van der Waals surface area contributed by atoms with Crippen LogP contribution in [0.5, 0.6) is 0 Å². The van der Waals surface area contributed by atoms with E-state index < -0.39 is 10.5 Å². The van der Waals surface area contributed by atoms with Crippen molar-refractivity contribution >= 4 is 54.1 Å². The molecular weight excluding hydrogens is 482 g/mol. The number of nitrogens with one attached hydrogen (secondary N) is 1. The predicted octanol–water partition coefficient (Wildman–Crippen LogP) is 4.61. The maximum absolute atomic E-state index is 4.46. The Morgan fingerprint density at radius 3 is 2.22 bits per heavy atom. The summed E-state index contributed by atoms with van der Waals surface area (Å²) in [5.41, 5.74) is 4.06. The fraction of sp³-hybridized carbons (Fsp3) is 0. The van der Waals surface area contributed by atoms with Gasteiger partial charge in [0.05, 0.1) is 0 Å². The number of benzene rings is 2. The molecule has 0 saturated carbocycles. The van der Waals surface area contributed by atoms with Crippen LogP contribution in [-0.4, -0.2) is 33.1 Å².